The fraction of sp³-hybridized carbons (Fsp3) is 0.684. The van der Waals surface area contributed by atoms with Crippen molar-refractivity contribution >= 4 is 0 Å². The zero-order chi connectivity index (χ0) is 32.0. The first-order valence-corrected chi connectivity index (χ1v) is 9.99. The minimum atomic E-state index is -9.06. The van der Waals surface area contributed by atoms with Crippen molar-refractivity contribution in [3.05, 3.63) is 35.9 Å². The topological polar surface area (TPSA) is 32.3 Å². The summed E-state index contributed by atoms with van der Waals surface area (Å²) in [6.07, 6.45) is -22.5. The number of benzene rings is 1. The maximum atomic E-state index is 13.9. The summed E-state index contributed by atoms with van der Waals surface area (Å²) >= 11 is 0. The average molecular weight is 633 g/mol. The highest BCUT2D eigenvalue weighted by atomic mass is 19.4. The van der Waals surface area contributed by atoms with E-state index in [1.807, 2.05) is 0 Å². The molecule has 0 bridgehead atoms. The van der Waals surface area contributed by atoms with Crippen LogP contribution in [0.4, 0.5) is 83.4 Å². The molecule has 0 aliphatic rings. The largest absolute Gasteiger partial charge is 0.438 e. The van der Waals surface area contributed by atoms with Crippen LogP contribution in [0.3, 0.4) is 0 Å². The SMILES string of the molecule is O[C@@H](CNCc1ccccc1)CC(F)(F)C(F)(F)C(F)(F)C(F)(F)C(F)(F)C(F)(F)C(F)(C(F)(F)F)C(F)(F)F. The molecule has 0 heterocycles. The molecule has 0 aliphatic heterocycles. The normalized spacial score (nSPS) is 16.3. The predicted molar refractivity (Wildman–Crippen MR) is 94.4 cm³/mol. The quantitative estimate of drug-likeness (QED) is 0.240. The molecule has 0 saturated carbocycles. The summed E-state index contributed by atoms with van der Waals surface area (Å²) in [4.78, 5) is 0. The van der Waals surface area contributed by atoms with Gasteiger partial charge in [0.15, 0.2) is 0 Å². The fourth-order valence-corrected chi connectivity index (χ4v) is 3.03. The van der Waals surface area contributed by atoms with Crippen LogP contribution in [0, 0.1) is 0 Å². The molecule has 0 aromatic heterocycles. The van der Waals surface area contributed by atoms with Crippen molar-refractivity contribution in [1.82, 2.24) is 5.32 Å². The van der Waals surface area contributed by atoms with E-state index in [1.54, 1.807) is 0 Å². The summed E-state index contributed by atoms with van der Waals surface area (Å²) in [5.74, 6) is -50.3. The van der Waals surface area contributed by atoms with Crippen molar-refractivity contribution in [3.63, 3.8) is 0 Å². The molecule has 0 fully saturated rings. The standard InChI is InChI=1S/C19H14F19NO/c20-11(21,6-10(40)8-39-7-9-4-2-1-3-5-9)13(23,24)15(27,28)17(31,32)16(29,30)14(25,26)12(22,18(33,34)35)19(36,37)38/h1-5,10,39-40H,6-8H2/t10-/m1/s1. The van der Waals surface area contributed by atoms with Gasteiger partial charge in [-0.05, 0) is 5.56 Å². The molecule has 0 amide bonds. The van der Waals surface area contributed by atoms with E-state index in [-0.39, 0.29) is 6.54 Å². The average Bonchev–Trinajstić information content (AvgIpc) is 2.76. The van der Waals surface area contributed by atoms with E-state index in [0.29, 0.717) is 5.56 Å². The van der Waals surface area contributed by atoms with Gasteiger partial charge in [-0.1, -0.05) is 30.3 Å². The van der Waals surface area contributed by atoms with Crippen LogP contribution in [0.5, 0.6) is 0 Å². The van der Waals surface area contributed by atoms with Gasteiger partial charge in [-0.3, -0.25) is 0 Å². The first-order chi connectivity index (χ1) is 17.5. The molecule has 0 spiro atoms. The van der Waals surface area contributed by atoms with Crippen molar-refractivity contribution in [2.24, 2.45) is 0 Å². The van der Waals surface area contributed by atoms with E-state index in [4.69, 9.17) is 0 Å². The number of hydrogen-bond acceptors (Lipinski definition) is 2. The molecule has 1 aromatic carbocycles. The highest BCUT2D eigenvalue weighted by Crippen LogP contribution is 2.66. The van der Waals surface area contributed by atoms with Gasteiger partial charge >= 0.3 is 53.6 Å². The summed E-state index contributed by atoms with van der Waals surface area (Å²) < 4.78 is 253. The van der Waals surface area contributed by atoms with Crippen molar-refractivity contribution in [3.8, 4) is 0 Å². The van der Waals surface area contributed by atoms with Crippen LogP contribution in [-0.2, 0) is 6.54 Å². The van der Waals surface area contributed by atoms with Gasteiger partial charge in [-0.25, -0.2) is 4.39 Å². The minimum absolute atomic E-state index is 0.321. The van der Waals surface area contributed by atoms with Crippen LogP contribution in [0.25, 0.3) is 0 Å². The monoisotopic (exact) mass is 633 g/mol. The van der Waals surface area contributed by atoms with E-state index in [0.717, 1.165) is 0 Å². The number of aliphatic hydroxyl groups excluding tert-OH is 1. The molecule has 1 aromatic rings. The molecule has 0 unspecified atom stereocenters. The molecule has 2 N–H and O–H groups in total. The summed E-state index contributed by atoms with van der Waals surface area (Å²) in [6.45, 7) is -1.53. The number of hydrogen-bond donors (Lipinski definition) is 2. The molecular weight excluding hydrogens is 619 g/mol. The third-order valence-corrected chi connectivity index (χ3v) is 5.29. The number of alkyl halides is 19. The van der Waals surface area contributed by atoms with Gasteiger partial charge in [0.05, 0.1) is 6.10 Å². The lowest BCUT2D eigenvalue weighted by Gasteiger charge is -2.45. The molecule has 2 nitrogen and oxygen atoms in total. The van der Waals surface area contributed by atoms with E-state index in [9.17, 15) is 88.5 Å². The van der Waals surface area contributed by atoms with Crippen LogP contribution < -0.4 is 5.32 Å². The third-order valence-electron chi connectivity index (χ3n) is 5.29. The number of halogens is 19. The fourth-order valence-electron chi connectivity index (χ4n) is 3.03. The van der Waals surface area contributed by atoms with Crippen LogP contribution in [-0.4, -0.2) is 71.3 Å². The number of rotatable bonds is 12. The lowest BCUT2D eigenvalue weighted by atomic mass is 9.83. The lowest BCUT2D eigenvalue weighted by Crippen LogP contribution is -2.77. The van der Waals surface area contributed by atoms with Gasteiger partial charge in [0.1, 0.15) is 0 Å². The van der Waals surface area contributed by atoms with Crippen LogP contribution in [0.15, 0.2) is 30.3 Å². The molecular formula is C19H14F19NO. The van der Waals surface area contributed by atoms with Gasteiger partial charge in [-0.15, -0.1) is 0 Å². The highest BCUT2D eigenvalue weighted by Gasteiger charge is 2.98. The smallest absolute Gasteiger partial charge is 0.392 e. The molecule has 0 saturated heterocycles. The molecule has 0 radical (unpaired) electrons. The highest BCUT2D eigenvalue weighted by molar-refractivity contribution is 5.19. The molecule has 234 valence electrons. The Balaban J connectivity index is 3.40. The molecule has 40 heavy (non-hydrogen) atoms. The Kier molecular flexibility index (Phi) is 9.47. The van der Waals surface area contributed by atoms with Crippen molar-refractivity contribution in [1.29, 1.82) is 0 Å². The molecule has 1 rings (SSSR count). The summed E-state index contributed by atoms with van der Waals surface area (Å²) in [5.41, 5.74) is -8.42. The van der Waals surface area contributed by atoms with Crippen molar-refractivity contribution < 1.29 is 88.5 Å². The molecule has 21 heteroatoms. The van der Waals surface area contributed by atoms with Crippen LogP contribution >= 0.6 is 0 Å². The predicted octanol–water partition coefficient (Wildman–Crippen LogP) is 7.17. The van der Waals surface area contributed by atoms with Gasteiger partial charge < -0.3 is 10.4 Å². The molecule has 0 aliphatic carbocycles. The molecule has 1 atom stereocenters. The Morgan fingerprint density at radius 2 is 0.925 bits per heavy atom. The maximum Gasteiger partial charge on any atom is 0.438 e. The van der Waals surface area contributed by atoms with Gasteiger partial charge in [0.25, 0.3) is 0 Å². The number of aliphatic hydroxyl groups is 1. The first kappa shape index (κ1) is 35.8. The Hall–Kier alpha value is -2.19. The van der Waals surface area contributed by atoms with E-state index < -0.39 is 72.6 Å². The summed E-state index contributed by atoms with van der Waals surface area (Å²) in [6, 6.07) is 7.12. The Labute approximate surface area is 210 Å². The Bertz CT molecular complexity index is 971. The third kappa shape index (κ3) is 5.50. The van der Waals surface area contributed by atoms with Gasteiger partial charge in [0.2, 0.25) is 0 Å². The van der Waals surface area contributed by atoms with Gasteiger partial charge in [0, 0.05) is 19.5 Å². The Morgan fingerprint density at radius 3 is 1.32 bits per heavy atom. The van der Waals surface area contributed by atoms with Crippen molar-refractivity contribution in [2.45, 2.75) is 72.6 Å². The second-order valence-corrected chi connectivity index (χ2v) is 8.20. The first-order valence-electron chi connectivity index (χ1n) is 9.99. The summed E-state index contributed by atoms with van der Waals surface area (Å²) in [7, 11) is 0. The maximum absolute atomic E-state index is 13.9. The van der Waals surface area contributed by atoms with Crippen LogP contribution in [0.2, 0.25) is 0 Å². The minimum Gasteiger partial charge on any atom is -0.392 e. The van der Waals surface area contributed by atoms with Crippen molar-refractivity contribution in [2.75, 3.05) is 6.54 Å². The zero-order valence-corrected chi connectivity index (χ0v) is 18.7. The second kappa shape index (κ2) is 10.6. The number of nitrogens with one attached hydrogen (secondary N) is 1. The summed E-state index contributed by atoms with van der Waals surface area (Å²) in [5, 5.41) is 11.5. The van der Waals surface area contributed by atoms with Gasteiger partial charge in [-0.2, -0.15) is 79.0 Å². The zero-order valence-electron chi connectivity index (χ0n) is 18.7. The Morgan fingerprint density at radius 1 is 0.550 bits per heavy atom. The second-order valence-electron chi connectivity index (χ2n) is 8.20. The van der Waals surface area contributed by atoms with E-state index >= 15 is 0 Å². The van der Waals surface area contributed by atoms with Crippen LogP contribution in [0.1, 0.15) is 12.0 Å². The van der Waals surface area contributed by atoms with E-state index in [2.05, 4.69) is 5.32 Å². The lowest BCUT2D eigenvalue weighted by molar-refractivity contribution is -0.472. The van der Waals surface area contributed by atoms with E-state index in [1.165, 1.54) is 30.3 Å².